The fraction of sp³-hybridized carbons (Fsp3) is 0.562. The Bertz CT molecular complexity index is 456. The number of nitrogens with zero attached hydrogens (tertiary/aromatic N) is 1. The summed E-state index contributed by atoms with van der Waals surface area (Å²) in [5.74, 6) is -0.639. The van der Waals surface area contributed by atoms with Gasteiger partial charge in [0.2, 0.25) is 0 Å². The molecule has 1 aliphatic heterocycles. The standard InChI is InChI=1S/C16H22ClNO2/c1-2-8-16(15(19)20)9-3-10-18(12-16)11-13-4-6-14(17)7-5-13/h4-7H,2-3,8-12H2,1H3,(H,19,20). The molecular formula is C16H22ClNO2. The lowest BCUT2D eigenvalue weighted by Gasteiger charge is -2.40. The molecule has 1 heterocycles. The van der Waals surface area contributed by atoms with Crippen LogP contribution in [0.15, 0.2) is 24.3 Å². The molecule has 0 amide bonds. The second kappa shape index (κ2) is 6.59. The maximum Gasteiger partial charge on any atom is 0.310 e. The first kappa shape index (κ1) is 15.3. The second-order valence-corrected chi connectivity index (χ2v) is 6.21. The Kier molecular flexibility index (Phi) is 5.06. The van der Waals surface area contributed by atoms with E-state index in [2.05, 4.69) is 11.8 Å². The van der Waals surface area contributed by atoms with Gasteiger partial charge >= 0.3 is 5.97 Å². The highest BCUT2D eigenvalue weighted by Gasteiger charge is 2.41. The normalized spacial score (nSPS) is 23.7. The summed E-state index contributed by atoms with van der Waals surface area (Å²) in [5.41, 5.74) is 0.631. The fourth-order valence-corrected chi connectivity index (χ4v) is 3.30. The van der Waals surface area contributed by atoms with Crippen molar-refractivity contribution in [3.8, 4) is 0 Å². The number of likely N-dealkylation sites (tertiary alicyclic amines) is 1. The van der Waals surface area contributed by atoms with Crippen molar-refractivity contribution in [2.75, 3.05) is 13.1 Å². The lowest BCUT2D eigenvalue weighted by molar-refractivity contribution is -0.153. The average Bonchev–Trinajstić information content (AvgIpc) is 2.42. The molecule has 2 rings (SSSR count). The summed E-state index contributed by atoms with van der Waals surface area (Å²) in [4.78, 5) is 13.9. The molecule has 3 nitrogen and oxygen atoms in total. The lowest BCUT2D eigenvalue weighted by Crippen LogP contribution is -2.47. The number of rotatable bonds is 5. The molecule has 0 bridgehead atoms. The van der Waals surface area contributed by atoms with Crippen molar-refractivity contribution < 1.29 is 9.90 Å². The van der Waals surface area contributed by atoms with E-state index in [1.54, 1.807) is 0 Å². The van der Waals surface area contributed by atoms with E-state index in [-0.39, 0.29) is 0 Å². The van der Waals surface area contributed by atoms with Gasteiger partial charge in [-0.15, -0.1) is 0 Å². The van der Waals surface area contributed by atoms with Crippen LogP contribution in [0.2, 0.25) is 5.02 Å². The predicted molar refractivity (Wildman–Crippen MR) is 80.9 cm³/mol. The van der Waals surface area contributed by atoms with Gasteiger partial charge in [-0.2, -0.15) is 0 Å². The molecule has 1 atom stereocenters. The summed E-state index contributed by atoms with van der Waals surface area (Å²) in [6.45, 7) is 4.49. The molecule has 4 heteroatoms. The van der Waals surface area contributed by atoms with Crippen LogP contribution in [0.25, 0.3) is 0 Å². The molecule has 0 aliphatic carbocycles. The van der Waals surface area contributed by atoms with Crippen LogP contribution in [0.1, 0.15) is 38.2 Å². The number of hydrogen-bond acceptors (Lipinski definition) is 2. The monoisotopic (exact) mass is 295 g/mol. The summed E-state index contributed by atoms with van der Waals surface area (Å²) in [7, 11) is 0. The summed E-state index contributed by atoms with van der Waals surface area (Å²) in [6.07, 6.45) is 3.44. The number of benzene rings is 1. The van der Waals surface area contributed by atoms with Gasteiger partial charge in [0.05, 0.1) is 5.41 Å². The summed E-state index contributed by atoms with van der Waals surface area (Å²) < 4.78 is 0. The van der Waals surface area contributed by atoms with Gasteiger partial charge in [0.25, 0.3) is 0 Å². The van der Waals surface area contributed by atoms with Gasteiger partial charge in [0.1, 0.15) is 0 Å². The number of piperidine rings is 1. The van der Waals surface area contributed by atoms with Gasteiger partial charge in [0, 0.05) is 18.1 Å². The Hall–Kier alpha value is -1.06. The molecule has 20 heavy (non-hydrogen) atoms. The number of carboxylic acids is 1. The van der Waals surface area contributed by atoms with Crippen molar-refractivity contribution in [3.05, 3.63) is 34.9 Å². The minimum absolute atomic E-state index is 0.556. The van der Waals surface area contributed by atoms with Crippen molar-refractivity contribution in [2.24, 2.45) is 5.41 Å². The van der Waals surface area contributed by atoms with E-state index >= 15 is 0 Å². The maximum absolute atomic E-state index is 11.7. The first-order valence-electron chi connectivity index (χ1n) is 7.26. The first-order chi connectivity index (χ1) is 9.55. The Morgan fingerprint density at radius 2 is 2.10 bits per heavy atom. The van der Waals surface area contributed by atoms with Gasteiger partial charge in [-0.3, -0.25) is 9.69 Å². The number of hydrogen-bond donors (Lipinski definition) is 1. The number of carboxylic acid groups (broad SMARTS) is 1. The molecule has 1 fully saturated rings. The minimum Gasteiger partial charge on any atom is -0.481 e. The third-order valence-corrected chi connectivity index (χ3v) is 4.41. The zero-order chi connectivity index (χ0) is 14.6. The third kappa shape index (κ3) is 3.53. The molecular weight excluding hydrogens is 274 g/mol. The van der Waals surface area contributed by atoms with E-state index in [0.29, 0.717) is 6.54 Å². The van der Waals surface area contributed by atoms with E-state index in [0.717, 1.165) is 43.8 Å². The molecule has 1 saturated heterocycles. The number of aliphatic carboxylic acids is 1. The Labute approximate surface area is 125 Å². The van der Waals surface area contributed by atoms with Crippen LogP contribution >= 0.6 is 11.6 Å². The first-order valence-corrected chi connectivity index (χ1v) is 7.64. The van der Waals surface area contributed by atoms with Crippen molar-refractivity contribution in [1.29, 1.82) is 0 Å². The van der Waals surface area contributed by atoms with Crippen molar-refractivity contribution >= 4 is 17.6 Å². The molecule has 0 saturated carbocycles. The SMILES string of the molecule is CCCC1(C(=O)O)CCCN(Cc2ccc(Cl)cc2)C1. The van der Waals surface area contributed by atoms with Crippen LogP contribution in [-0.4, -0.2) is 29.1 Å². The van der Waals surface area contributed by atoms with Gasteiger partial charge < -0.3 is 5.11 Å². The van der Waals surface area contributed by atoms with E-state index in [4.69, 9.17) is 11.6 Å². The van der Waals surface area contributed by atoms with E-state index < -0.39 is 11.4 Å². The second-order valence-electron chi connectivity index (χ2n) is 5.78. The van der Waals surface area contributed by atoms with Gasteiger partial charge in [-0.25, -0.2) is 0 Å². The molecule has 1 N–H and O–H groups in total. The molecule has 110 valence electrons. The predicted octanol–water partition coefficient (Wildman–Crippen LogP) is 3.81. The van der Waals surface area contributed by atoms with Crippen molar-refractivity contribution in [1.82, 2.24) is 4.90 Å². The molecule has 1 unspecified atom stereocenters. The minimum atomic E-state index is -0.639. The zero-order valence-corrected chi connectivity index (χ0v) is 12.7. The zero-order valence-electron chi connectivity index (χ0n) is 11.9. The van der Waals surface area contributed by atoms with Crippen LogP contribution in [-0.2, 0) is 11.3 Å². The fourth-order valence-electron chi connectivity index (χ4n) is 3.17. The van der Waals surface area contributed by atoms with E-state index in [1.165, 1.54) is 5.56 Å². The molecule has 1 aromatic carbocycles. The Balaban J connectivity index is 2.05. The number of halogens is 1. The highest BCUT2D eigenvalue weighted by Crippen LogP contribution is 2.35. The number of carbonyl (C=O) groups is 1. The summed E-state index contributed by atoms with van der Waals surface area (Å²) in [6, 6.07) is 7.80. The largest absolute Gasteiger partial charge is 0.481 e. The van der Waals surface area contributed by atoms with Crippen molar-refractivity contribution in [3.63, 3.8) is 0 Å². The highest BCUT2D eigenvalue weighted by atomic mass is 35.5. The molecule has 0 aromatic heterocycles. The van der Waals surface area contributed by atoms with Gasteiger partial charge in [-0.05, 0) is 43.5 Å². The van der Waals surface area contributed by atoms with Crippen LogP contribution in [0.3, 0.4) is 0 Å². The van der Waals surface area contributed by atoms with Gasteiger partial charge in [0.15, 0.2) is 0 Å². The van der Waals surface area contributed by atoms with Crippen LogP contribution in [0.4, 0.5) is 0 Å². The molecule has 0 radical (unpaired) electrons. The van der Waals surface area contributed by atoms with Crippen molar-refractivity contribution in [2.45, 2.75) is 39.2 Å². The van der Waals surface area contributed by atoms with E-state index in [9.17, 15) is 9.90 Å². The molecule has 1 aromatic rings. The Morgan fingerprint density at radius 1 is 1.40 bits per heavy atom. The summed E-state index contributed by atoms with van der Waals surface area (Å²) in [5, 5.41) is 10.3. The lowest BCUT2D eigenvalue weighted by atomic mass is 9.76. The van der Waals surface area contributed by atoms with E-state index in [1.807, 2.05) is 24.3 Å². The van der Waals surface area contributed by atoms with Gasteiger partial charge in [-0.1, -0.05) is 37.1 Å². The highest BCUT2D eigenvalue weighted by molar-refractivity contribution is 6.30. The quantitative estimate of drug-likeness (QED) is 0.898. The molecule has 0 spiro atoms. The molecule has 1 aliphatic rings. The summed E-state index contributed by atoms with van der Waals surface area (Å²) >= 11 is 5.89. The average molecular weight is 296 g/mol. The third-order valence-electron chi connectivity index (χ3n) is 4.16. The van der Waals surface area contributed by atoms with Crippen LogP contribution < -0.4 is 0 Å². The van der Waals surface area contributed by atoms with Crippen LogP contribution in [0.5, 0.6) is 0 Å². The maximum atomic E-state index is 11.7. The topological polar surface area (TPSA) is 40.5 Å². The smallest absolute Gasteiger partial charge is 0.310 e. The van der Waals surface area contributed by atoms with Crippen LogP contribution in [0, 0.1) is 5.41 Å². The Morgan fingerprint density at radius 3 is 2.70 bits per heavy atom.